The summed E-state index contributed by atoms with van der Waals surface area (Å²) in [4.78, 5) is 19.3. The molecule has 0 unspecified atom stereocenters. The SMILES string of the molecule is O=C(Nc1nc(O)cs1)c1cc2ccccc2nc1C(F)(F)F. The number of anilines is 1. The Hall–Kier alpha value is -2.68. The van der Waals surface area contributed by atoms with Crippen LogP contribution in [0.3, 0.4) is 0 Å². The summed E-state index contributed by atoms with van der Waals surface area (Å²) in [6.07, 6.45) is -4.78. The highest BCUT2D eigenvalue weighted by Crippen LogP contribution is 2.33. The summed E-state index contributed by atoms with van der Waals surface area (Å²) in [6, 6.07) is 7.33. The molecule has 0 aliphatic heterocycles. The molecular weight excluding hydrogens is 331 g/mol. The number of hydrogen-bond acceptors (Lipinski definition) is 5. The number of halogens is 3. The first-order chi connectivity index (χ1) is 10.8. The number of aromatic nitrogens is 2. The number of alkyl halides is 3. The fraction of sp³-hybridized carbons (Fsp3) is 0.0714. The van der Waals surface area contributed by atoms with Crippen LogP contribution in [0.25, 0.3) is 10.9 Å². The lowest BCUT2D eigenvalue weighted by atomic mass is 10.1. The molecule has 23 heavy (non-hydrogen) atoms. The smallest absolute Gasteiger partial charge is 0.434 e. The molecule has 0 bridgehead atoms. The van der Waals surface area contributed by atoms with Gasteiger partial charge in [0.05, 0.1) is 16.5 Å². The first-order valence-corrected chi connectivity index (χ1v) is 7.15. The zero-order valence-corrected chi connectivity index (χ0v) is 12.1. The number of pyridine rings is 1. The van der Waals surface area contributed by atoms with Gasteiger partial charge >= 0.3 is 6.18 Å². The highest BCUT2D eigenvalue weighted by Gasteiger charge is 2.37. The normalized spacial score (nSPS) is 11.6. The molecule has 9 heteroatoms. The van der Waals surface area contributed by atoms with Gasteiger partial charge in [-0.05, 0) is 12.1 Å². The van der Waals surface area contributed by atoms with E-state index in [1.165, 1.54) is 11.4 Å². The third-order valence-corrected chi connectivity index (χ3v) is 3.69. The van der Waals surface area contributed by atoms with Gasteiger partial charge in [-0.15, -0.1) is 11.3 Å². The van der Waals surface area contributed by atoms with E-state index in [9.17, 15) is 18.0 Å². The number of benzene rings is 1. The fourth-order valence-corrected chi connectivity index (χ4v) is 2.56. The Bertz CT molecular complexity index is 892. The van der Waals surface area contributed by atoms with Gasteiger partial charge in [0, 0.05) is 5.39 Å². The number of aromatic hydroxyl groups is 1. The van der Waals surface area contributed by atoms with Gasteiger partial charge in [-0.1, -0.05) is 18.2 Å². The Morgan fingerprint density at radius 1 is 1.22 bits per heavy atom. The molecule has 0 saturated heterocycles. The van der Waals surface area contributed by atoms with Gasteiger partial charge in [-0.25, -0.2) is 4.98 Å². The lowest BCUT2D eigenvalue weighted by molar-refractivity contribution is -0.141. The van der Waals surface area contributed by atoms with Crippen LogP contribution >= 0.6 is 11.3 Å². The molecule has 2 aromatic heterocycles. The molecule has 1 amide bonds. The minimum absolute atomic E-state index is 0.00576. The van der Waals surface area contributed by atoms with E-state index < -0.39 is 23.3 Å². The molecule has 0 saturated carbocycles. The van der Waals surface area contributed by atoms with Crippen LogP contribution in [0.5, 0.6) is 5.88 Å². The summed E-state index contributed by atoms with van der Waals surface area (Å²) in [5.74, 6) is -1.32. The number of thiazole rings is 1. The van der Waals surface area contributed by atoms with Crippen molar-refractivity contribution in [2.75, 3.05) is 5.32 Å². The molecule has 0 fully saturated rings. The van der Waals surface area contributed by atoms with E-state index >= 15 is 0 Å². The average molecular weight is 339 g/mol. The van der Waals surface area contributed by atoms with Gasteiger partial charge in [0.25, 0.3) is 5.91 Å². The molecule has 2 heterocycles. The van der Waals surface area contributed by atoms with Crippen LogP contribution in [0.15, 0.2) is 35.7 Å². The number of nitrogens with one attached hydrogen (secondary N) is 1. The first-order valence-electron chi connectivity index (χ1n) is 6.27. The quantitative estimate of drug-likeness (QED) is 0.747. The van der Waals surface area contributed by atoms with Gasteiger partial charge in [0.2, 0.25) is 5.88 Å². The molecule has 3 aromatic rings. The van der Waals surface area contributed by atoms with Crippen molar-refractivity contribution in [1.29, 1.82) is 0 Å². The number of fused-ring (bicyclic) bond motifs is 1. The van der Waals surface area contributed by atoms with Crippen molar-refractivity contribution in [1.82, 2.24) is 9.97 Å². The zero-order valence-electron chi connectivity index (χ0n) is 11.3. The van der Waals surface area contributed by atoms with Crippen molar-refractivity contribution in [2.24, 2.45) is 0 Å². The lowest BCUT2D eigenvalue weighted by Gasteiger charge is -2.12. The van der Waals surface area contributed by atoms with E-state index in [0.717, 1.165) is 17.4 Å². The number of para-hydroxylation sites is 1. The summed E-state index contributed by atoms with van der Waals surface area (Å²) in [6.45, 7) is 0. The van der Waals surface area contributed by atoms with Gasteiger partial charge in [0.1, 0.15) is 0 Å². The Kier molecular flexibility index (Phi) is 3.64. The van der Waals surface area contributed by atoms with Crippen LogP contribution in [-0.2, 0) is 6.18 Å². The molecule has 1 aromatic carbocycles. The number of carbonyl (C=O) groups excluding carboxylic acids is 1. The monoisotopic (exact) mass is 339 g/mol. The molecule has 118 valence electrons. The van der Waals surface area contributed by atoms with Crippen LogP contribution in [0.4, 0.5) is 18.3 Å². The van der Waals surface area contributed by atoms with E-state index in [1.807, 2.05) is 0 Å². The predicted octanol–water partition coefficient (Wildman–Crippen LogP) is 3.67. The number of hydrogen-bond donors (Lipinski definition) is 2. The second-order valence-corrected chi connectivity index (χ2v) is 5.40. The van der Waals surface area contributed by atoms with Gasteiger partial charge < -0.3 is 5.11 Å². The second kappa shape index (κ2) is 5.51. The maximum Gasteiger partial charge on any atom is 0.434 e. The van der Waals surface area contributed by atoms with Gasteiger partial charge in [0.15, 0.2) is 10.8 Å². The lowest BCUT2D eigenvalue weighted by Crippen LogP contribution is -2.20. The third kappa shape index (κ3) is 3.09. The third-order valence-electron chi connectivity index (χ3n) is 2.95. The van der Waals surface area contributed by atoms with Crippen molar-refractivity contribution in [3.8, 4) is 5.88 Å². The van der Waals surface area contributed by atoms with Crippen molar-refractivity contribution in [3.05, 3.63) is 47.0 Å². The van der Waals surface area contributed by atoms with Gasteiger partial charge in [-0.2, -0.15) is 18.2 Å². The number of nitrogens with zero attached hydrogens (tertiary/aromatic N) is 2. The highest BCUT2D eigenvalue weighted by molar-refractivity contribution is 7.14. The zero-order chi connectivity index (χ0) is 16.6. The van der Waals surface area contributed by atoms with E-state index in [4.69, 9.17) is 5.11 Å². The Labute approximate surface area is 131 Å². The minimum atomic E-state index is -4.78. The highest BCUT2D eigenvalue weighted by atomic mass is 32.1. The average Bonchev–Trinajstić information content (AvgIpc) is 2.90. The molecule has 0 radical (unpaired) electrons. The largest absolute Gasteiger partial charge is 0.493 e. The Morgan fingerprint density at radius 2 is 1.96 bits per heavy atom. The molecular formula is C14H8F3N3O2S. The molecule has 0 spiro atoms. The Morgan fingerprint density at radius 3 is 2.61 bits per heavy atom. The van der Waals surface area contributed by atoms with Crippen LogP contribution in [0.1, 0.15) is 16.1 Å². The maximum atomic E-state index is 13.2. The molecule has 0 aliphatic carbocycles. The fourth-order valence-electron chi connectivity index (χ4n) is 1.99. The maximum absolute atomic E-state index is 13.2. The summed E-state index contributed by atoms with van der Waals surface area (Å²) in [5, 5.41) is 13.0. The van der Waals surface area contributed by atoms with Crippen LogP contribution < -0.4 is 5.32 Å². The number of amides is 1. The predicted molar refractivity (Wildman–Crippen MR) is 78.5 cm³/mol. The molecule has 2 N–H and O–H groups in total. The molecule has 0 atom stereocenters. The van der Waals surface area contributed by atoms with E-state index in [1.54, 1.807) is 18.2 Å². The topological polar surface area (TPSA) is 75.1 Å². The molecule has 0 aliphatic rings. The van der Waals surface area contributed by atoms with E-state index in [-0.39, 0.29) is 16.5 Å². The van der Waals surface area contributed by atoms with E-state index in [2.05, 4.69) is 15.3 Å². The van der Waals surface area contributed by atoms with Crippen molar-refractivity contribution in [2.45, 2.75) is 6.18 Å². The standard InChI is InChI=1S/C14H8F3N3O2S/c15-14(16,17)11-8(5-7-3-1-2-4-9(7)18-11)12(22)20-13-19-10(21)6-23-13/h1-6,21H,(H,19,20,22). The summed E-state index contributed by atoms with van der Waals surface area (Å²) >= 11 is 0.895. The molecule has 5 nitrogen and oxygen atoms in total. The van der Waals surface area contributed by atoms with Crippen molar-refractivity contribution < 1.29 is 23.1 Å². The van der Waals surface area contributed by atoms with Crippen molar-refractivity contribution >= 4 is 33.3 Å². The summed E-state index contributed by atoms with van der Waals surface area (Å²) in [5.41, 5.74) is -1.73. The molecule has 3 rings (SSSR count). The number of carbonyl (C=O) groups is 1. The van der Waals surface area contributed by atoms with Crippen LogP contribution in [-0.4, -0.2) is 21.0 Å². The minimum Gasteiger partial charge on any atom is -0.493 e. The van der Waals surface area contributed by atoms with E-state index in [0.29, 0.717) is 5.39 Å². The van der Waals surface area contributed by atoms with Crippen LogP contribution in [0, 0.1) is 0 Å². The number of rotatable bonds is 2. The Balaban J connectivity index is 2.08. The van der Waals surface area contributed by atoms with Crippen LogP contribution in [0.2, 0.25) is 0 Å². The second-order valence-electron chi connectivity index (χ2n) is 4.54. The van der Waals surface area contributed by atoms with Crippen molar-refractivity contribution in [3.63, 3.8) is 0 Å². The summed E-state index contributed by atoms with van der Waals surface area (Å²) in [7, 11) is 0. The first kappa shape index (κ1) is 15.2. The summed E-state index contributed by atoms with van der Waals surface area (Å²) < 4.78 is 39.6. The van der Waals surface area contributed by atoms with Gasteiger partial charge in [-0.3, -0.25) is 10.1 Å².